The third-order valence-electron chi connectivity index (χ3n) is 3.11. The average molecular weight is 261 g/mol. The number of hydrogen-bond acceptors (Lipinski definition) is 3. The predicted molar refractivity (Wildman–Crippen MR) is 78.7 cm³/mol. The first-order chi connectivity index (χ1) is 9.26. The fourth-order valence-corrected chi connectivity index (χ4v) is 2.11. The quantitative estimate of drug-likeness (QED) is 0.578. The molecule has 1 rings (SSSR count). The second-order valence-corrected chi connectivity index (χ2v) is 4.43. The van der Waals surface area contributed by atoms with Gasteiger partial charge in [-0.25, -0.2) is 0 Å². The van der Waals surface area contributed by atoms with Crippen LogP contribution in [0, 0.1) is 12.3 Å². The molecule has 0 saturated carbocycles. The van der Waals surface area contributed by atoms with Crippen LogP contribution in [0.25, 0.3) is 0 Å². The van der Waals surface area contributed by atoms with Crippen LogP contribution in [-0.4, -0.2) is 20.8 Å². The highest BCUT2D eigenvalue weighted by Gasteiger charge is 2.10. The summed E-state index contributed by atoms with van der Waals surface area (Å²) in [5.74, 6) is 4.46. The molecular weight excluding hydrogens is 238 g/mol. The molecule has 2 N–H and O–H groups in total. The molecule has 0 heterocycles. The van der Waals surface area contributed by atoms with E-state index in [1.54, 1.807) is 14.2 Å². The first-order valence-corrected chi connectivity index (χ1v) is 6.64. The zero-order valence-corrected chi connectivity index (χ0v) is 11.9. The molecule has 0 aliphatic heterocycles. The number of aryl methyl sites for hydroxylation is 1. The number of methoxy groups -OCH3 is 2. The van der Waals surface area contributed by atoms with Gasteiger partial charge in [-0.3, -0.25) is 0 Å². The summed E-state index contributed by atoms with van der Waals surface area (Å²) in [4.78, 5) is 0. The van der Waals surface area contributed by atoms with Crippen molar-refractivity contribution in [3.05, 3.63) is 23.3 Å². The van der Waals surface area contributed by atoms with Gasteiger partial charge < -0.3 is 15.2 Å². The molecule has 3 heteroatoms. The van der Waals surface area contributed by atoms with E-state index in [-0.39, 0.29) is 0 Å². The number of terminal acetylenes is 1. The van der Waals surface area contributed by atoms with E-state index in [9.17, 15) is 0 Å². The largest absolute Gasteiger partial charge is 0.496 e. The smallest absolute Gasteiger partial charge is 0.122 e. The molecule has 1 aromatic carbocycles. The van der Waals surface area contributed by atoms with Crippen LogP contribution in [0.5, 0.6) is 11.5 Å². The normalized spacial score (nSPS) is 10.0. The van der Waals surface area contributed by atoms with E-state index < -0.39 is 0 Å². The van der Waals surface area contributed by atoms with E-state index in [1.165, 1.54) is 0 Å². The number of ether oxygens (including phenoxy) is 2. The summed E-state index contributed by atoms with van der Waals surface area (Å²) in [6, 6.07) is 4.09. The van der Waals surface area contributed by atoms with Crippen molar-refractivity contribution in [2.75, 3.05) is 20.8 Å². The molecule has 104 valence electrons. The van der Waals surface area contributed by atoms with E-state index >= 15 is 0 Å². The molecule has 0 aromatic heterocycles. The summed E-state index contributed by atoms with van der Waals surface area (Å²) in [5, 5.41) is 0. The maximum atomic E-state index is 5.61. The minimum atomic E-state index is 0.598. The Kier molecular flexibility index (Phi) is 6.84. The van der Waals surface area contributed by atoms with Gasteiger partial charge in [-0.1, -0.05) is 0 Å². The van der Waals surface area contributed by atoms with Crippen LogP contribution in [0.4, 0.5) is 0 Å². The maximum Gasteiger partial charge on any atom is 0.122 e. The zero-order valence-electron chi connectivity index (χ0n) is 11.9. The number of rotatable bonds is 8. The Labute approximate surface area is 116 Å². The van der Waals surface area contributed by atoms with E-state index in [0.717, 1.165) is 54.7 Å². The van der Waals surface area contributed by atoms with Crippen LogP contribution in [0.1, 0.15) is 30.4 Å². The third-order valence-corrected chi connectivity index (χ3v) is 3.11. The molecule has 3 nitrogen and oxygen atoms in total. The van der Waals surface area contributed by atoms with Crippen molar-refractivity contribution >= 4 is 0 Å². The Balaban J connectivity index is 2.87. The molecule has 0 fully saturated rings. The number of unbranched alkanes of at least 4 members (excludes halogenated alkanes) is 2. The van der Waals surface area contributed by atoms with E-state index in [4.69, 9.17) is 21.6 Å². The Morgan fingerprint density at radius 1 is 1.05 bits per heavy atom. The molecule has 0 aliphatic rings. The topological polar surface area (TPSA) is 44.5 Å². The highest BCUT2D eigenvalue weighted by molar-refractivity contribution is 5.46. The Morgan fingerprint density at radius 2 is 1.63 bits per heavy atom. The van der Waals surface area contributed by atoms with Gasteiger partial charge in [0.25, 0.3) is 0 Å². The summed E-state index contributed by atoms with van der Waals surface area (Å²) in [6.45, 7) is 0.598. The highest BCUT2D eigenvalue weighted by Crippen LogP contribution is 2.30. The lowest BCUT2D eigenvalue weighted by atomic mass is 10.0. The van der Waals surface area contributed by atoms with Gasteiger partial charge in [0.2, 0.25) is 0 Å². The summed E-state index contributed by atoms with van der Waals surface area (Å²) in [7, 11) is 3.38. The lowest BCUT2D eigenvalue weighted by molar-refractivity contribution is 0.394. The average Bonchev–Trinajstić information content (AvgIpc) is 2.44. The molecule has 0 amide bonds. The van der Waals surface area contributed by atoms with Gasteiger partial charge >= 0.3 is 0 Å². The molecule has 0 spiro atoms. The molecule has 1 aromatic rings. The Hall–Kier alpha value is -1.66. The monoisotopic (exact) mass is 261 g/mol. The second-order valence-electron chi connectivity index (χ2n) is 4.43. The van der Waals surface area contributed by atoms with Crippen LogP contribution in [0.15, 0.2) is 12.1 Å². The van der Waals surface area contributed by atoms with Crippen LogP contribution in [0.2, 0.25) is 0 Å². The predicted octanol–water partition coefficient (Wildman–Crippen LogP) is 2.55. The zero-order chi connectivity index (χ0) is 14.1. The Bertz CT molecular complexity index is 435. The summed E-state index contributed by atoms with van der Waals surface area (Å²) in [5.41, 5.74) is 7.87. The SMILES string of the molecule is C#CCCCCc1cc(OC)c(CCN)cc1OC. The Morgan fingerprint density at radius 3 is 2.11 bits per heavy atom. The summed E-state index contributed by atoms with van der Waals surface area (Å²) >= 11 is 0. The van der Waals surface area contributed by atoms with Crippen molar-refractivity contribution in [1.29, 1.82) is 0 Å². The minimum Gasteiger partial charge on any atom is -0.496 e. The van der Waals surface area contributed by atoms with Crippen LogP contribution >= 0.6 is 0 Å². The molecular formula is C16H23NO2. The van der Waals surface area contributed by atoms with Crippen LogP contribution in [-0.2, 0) is 12.8 Å². The second kappa shape index (κ2) is 8.44. The lowest BCUT2D eigenvalue weighted by Gasteiger charge is -2.14. The van der Waals surface area contributed by atoms with Crippen molar-refractivity contribution in [1.82, 2.24) is 0 Å². The van der Waals surface area contributed by atoms with Gasteiger partial charge in [0, 0.05) is 6.42 Å². The minimum absolute atomic E-state index is 0.598. The van der Waals surface area contributed by atoms with Crippen molar-refractivity contribution in [3.63, 3.8) is 0 Å². The molecule has 0 saturated heterocycles. The van der Waals surface area contributed by atoms with E-state index in [1.807, 2.05) is 6.07 Å². The first-order valence-electron chi connectivity index (χ1n) is 6.64. The van der Waals surface area contributed by atoms with Gasteiger partial charge in [0.1, 0.15) is 11.5 Å². The number of benzene rings is 1. The molecule has 0 radical (unpaired) electrons. The number of hydrogen-bond donors (Lipinski definition) is 1. The summed E-state index contributed by atoms with van der Waals surface area (Å²) in [6.07, 6.45) is 9.91. The van der Waals surface area contributed by atoms with Gasteiger partial charge in [-0.15, -0.1) is 12.3 Å². The molecule has 19 heavy (non-hydrogen) atoms. The van der Waals surface area contributed by atoms with Crippen molar-refractivity contribution < 1.29 is 9.47 Å². The number of nitrogens with two attached hydrogens (primary N) is 1. The summed E-state index contributed by atoms with van der Waals surface area (Å²) < 4.78 is 10.9. The van der Waals surface area contributed by atoms with Gasteiger partial charge in [0.15, 0.2) is 0 Å². The fraction of sp³-hybridized carbons (Fsp3) is 0.500. The van der Waals surface area contributed by atoms with Gasteiger partial charge in [-0.05, 0) is 55.5 Å². The molecule has 0 atom stereocenters. The first kappa shape index (κ1) is 15.4. The highest BCUT2D eigenvalue weighted by atomic mass is 16.5. The standard InChI is InChI=1S/C16H23NO2/c1-4-5-6-7-8-13-11-16(19-3)14(9-10-17)12-15(13)18-2/h1,11-12H,5-10,17H2,2-3H3. The fourth-order valence-electron chi connectivity index (χ4n) is 2.11. The van der Waals surface area contributed by atoms with Gasteiger partial charge in [0.05, 0.1) is 14.2 Å². The van der Waals surface area contributed by atoms with E-state index in [0.29, 0.717) is 6.54 Å². The molecule has 0 aliphatic carbocycles. The van der Waals surface area contributed by atoms with Crippen LogP contribution in [0.3, 0.4) is 0 Å². The van der Waals surface area contributed by atoms with Crippen molar-refractivity contribution in [3.8, 4) is 23.8 Å². The van der Waals surface area contributed by atoms with Crippen molar-refractivity contribution in [2.24, 2.45) is 5.73 Å². The van der Waals surface area contributed by atoms with E-state index in [2.05, 4.69) is 12.0 Å². The van der Waals surface area contributed by atoms with Crippen LogP contribution < -0.4 is 15.2 Å². The molecule has 0 bridgehead atoms. The lowest BCUT2D eigenvalue weighted by Crippen LogP contribution is -2.05. The van der Waals surface area contributed by atoms with Gasteiger partial charge in [-0.2, -0.15) is 0 Å². The molecule has 0 unspecified atom stereocenters. The van der Waals surface area contributed by atoms with Crippen molar-refractivity contribution in [2.45, 2.75) is 32.1 Å². The maximum absolute atomic E-state index is 5.61. The third kappa shape index (κ3) is 4.50.